The quantitative estimate of drug-likeness (QED) is 0.402. The molecule has 0 unspecified atom stereocenters. The van der Waals surface area contributed by atoms with Crippen LogP contribution in [0.2, 0.25) is 0 Å². The monoisotopic (exact) mass is 174 g/mol. The average Bonchev–Trinajstić information content (AvgIpc) is 2.03. The second-order valence-electron chi connectivity index (χ2n) is 2.64. The molecule has 0 spiro atoms. The normalized spacial score (nSPS) is 9.73. The Balaban J connectivity index is 3.36. The third-order valence-electron chi connectivity index (χ3n) is 1.64. The van der Waals surface area contributed by atoms with E-state index in [0.717, 1.165) is 6.54 Å². The molecule has 0 rings (SSSR count). The Kier molecular flexibility index (Phi) is 6.42. The summed E-state index contributed by atoms with van der Waals surface area (Å²) >= 11 is 1.50. The van der Waals surface area contributed by atoms with Gasteiger partial charge in [-0.15, -0.1) is 0 Å². The molecule has 0 aliphatic heterocycles. The predicted molar refractivity (Wildman–Crippen MR) is 53.4 cm³/mol. The van der Waals surface area contributed by atoms with Crippen molar-refractivity contribution in [1.29, 1.82) is 5.41 Å². The molecule has 0 aromatic heterocycles. The van der Waals surface area contributed by atoms with Gasteiger partial charge in [0.1, 0.15) is 0 Å². The van der Waals surface area contributed by atoms with Crippen LogP contribution in [0.5, 0.6) is 0 Å². The van der Waals surface area contributed by atoms with Crippen molar-refractivity contribution in [3.63, 3.8) is 0 Å². The molecule has 66 valence electrons. The summed E-state index contributed by atoms with van der Waals surface area (Å²) < 4.78 is 0. The zero-order valence-electron chi connectivity index (χ0n) is 7.68. The topological polar surface area (TPSA) is 27.1 Å². The van der Waals surface area contributed by atoms with E-state index in [1.54, 1.807) is 0 Å². The third-order valence-corrected chi connectivity index (χ3v) is 2.34. The van der Waals surface area contributed by atoms with Crippen molar-refractivity contribution >= 4 is 16.9 Å². The molecule has 0 bridgehead atoms. The Hall–Kier alpha value is -0.180. The van der Waals surface area contributed by atoms with Crippen LogP contribution in [0.1, 0.15) is 26.2 Å². The van der Waals surface area contributed by atoms with Crippen molar-refractivity contribution in [3.8, 4) is 0 Å². The van der Waals surface area contributed by atoms with E-state index in [4.69, 9.17) is 5.41 Å². The third kappa shape index (κ3) is 5.13. The molecule has 0 heterocycles. The van der Waals surface area contributed by atoms with E-state index in [9.17, 15) is 0 Å². The molecule has 0 aliphatic rings. The molecule has 0 amide bonds. The number of nitrogens with zero attached hydrogens (tertiary/aromatic N) is 1. The average molecular weight is 174 g/mol. The van der Waals surface area contributed by atoms with E-state index in [-0.39, 0.29) is 0 Å². The van der Waals surface area contributed by atoms with Gasteiger partial charge < -0.3 is 4.90 Å². The SMILES string of the molecule is CCCCCN(C)C(=N)SC. The van der Waals surface area contributed by atoms with Crippen LogP contribution in [0.3, 0.4) is 0 Å². The molecule has 0 atom stereocenters. The molecule has 1 N–H and O–H groups in total. The van der Waals surface area contributed by atoms with Gasteiger partial charge in [-0.1, -0.05) is 31.5 Å². The molecule has 0 saturated heterocycles. The number of hydrogen-bond acceptors (Lipinski definition) is 2. The Labute approximate surface area is 73.9 Å². The van der Waals surface area contributed by atoms with E-state index >= 15 is 0 Å². The maximum Gasteiger partial charge on any atom is 0.155 e. The molecule has 3 heteroatoms. The molecular formula is C8H18N2S. The molecule has 0 radical (unpaired) electrons. The van der Waals surface area contributed by atoms with Crippen molar-refractivity contribution in [2.24, 2.45) is 0 Å². The zero-order chi connectivity index (χ0) is 8.69. The summed E-state index contributed by atoms with van der Waals surface area (Å²) in [7, 11) is 1.98. The fraction of sp³-hybridized carbons (Fsp3) is 0.875. The summed E-state index contributed by atoms with van der Waals surface area (Å²) in [5.74, 6) is 0. The van der Waals surface area contributed by atoms with Crippen LogP contribution in [0, 0.1) is 5.41 Å². The first-order valence-electron chi connectivity index (χ1n) is 4.06. The van der Waals surface area contributed by atoms with Crippen molar-refractivity contribution in [2.75, 3.05) is 19.8 Å². The summed E-state index contributed by atoms with van der Waals surface area (Å²) in [6.07, 6.45) is 5.67. The van der Waals surface area contributed by atoms with Crippen LogP contribution in [-0.4, -0.2) is 29.9 Å². The summed E-state index contributed by atoms with van der Waals surface area (Å²) in [5.41, 5.74) is 0. The van der Waals surface area contributed by atoms with Gasteiger partial charge in [0.15, 0.2) is 5.17 Å². The Bertz CT molecular complexity index is 115. The Morgan fingerprint density at radius 1 is 1.45 bits per heavy atom. The van der Waals surface area contributed by atoms with E-state index in [0.29, 0.717) is 5.17 Å². The van der Waals surface area contributed by atoms with Crippen molar-refractivity contribution in [3.05, 3.63) is 0 Å². The van der Waals surface area contributed by atoms with Gasteiger partial charge in [0.2, 0.25) is 0 Å². The largest absolute Gasteiger partial charge is 0.355 e. The lowest BCUT2D eigenvalue weighted by Crippen LogP contribution is -2.24. The molecular weight excluding hydrogens is 156 g/mol. The first kappa shape index (κ1) is 10.8. The maximum atomic E-state index is 7.47. The van der Waals surface area contributed by atoms with Gasteiger partial charge >= 0.3 is 0 Å². The molecule has 0 aromatic rings. The second kappa shape index (κ2) is 6.53. The standard InChI is InChI=1S/C8H18N2S/c1-4-5-6-7-10(2)8(9)11-3/h9H,4-7H2,1-3H3. The fourth-order valence-corrected chi connectivity index (χ4v) is 1.26. The van der Waals surface area contributed by atoms with E-state index in [1.165, 1.54) is 31.0 Å². The number of thioether (sulfide) groups is 1. The predicted octanol–water partition coefficient (Wildman–Crippen LogP) is 2.41. The molecule has 0 aromatic carbocycles. The fourth-order valence-electron chi connectivity index (χ4n) is 0.856. The highest BCUT2D eigenvalue weighted by atomic mass is 32.2. The van der Waals surface area contributed by atoms with E-state index in [2.05, 4.69) is 6.92 Å². The van der Waals surface area contributed by atoms with Crippen LogP contribution in [0.4, 0.5) is 0 Å². The lowest BCUT2D eigenvalue weighted by molar-refractivity contribution is 0.481. The van der Waals surface area contributed by atoms with Gasteiger partial charge in [-0.25, -0.2) is 0 Å². The number of unbranched alkanes of at least 4 members (excludes halogenated alkanes) is 2. The number of nitrogens with one attached hydrogen (secondary N) is 1. The van der Waals surface area contributed by atoms with Gasteiger partial charge in [-0.05, 0) is 12.7 Å². The highest BCUT2D eigenvalue weighted by molar-refractivity contribution is 8.13. The maximum absolute atomic E-state index is 7.47. The molecule has 0 aliphatic carbocycles. The Morgan fingerprint density at radius 2 is 2.09 bits per heavy atom. The smallest absolute Gasteiger partial charge is 0.155 e. The van der Waals surface area contributed by atoms with Crippen molar-refractivity contribution in [1.82, 2.24) is 4.90 Å². The van der Waals surface area contributed by atoms with Gasteiger partial charge in [0.25, 0.3) is 0 Å². The molecule has 0 fully saturated rings. The van der Waals surface area contributed by atoms with Crippen molar-refractivity contribution < 1.29 is 0 Å². The van der Waals surface area contributed by atoms with Gasteiger partial charge in [0, 0.05) is 13.6 Å². The highest BCUT2D eigenvalue weighted by Gasteiger charge is 2.00. The van der Waals surface area contributed by atoms with Gasteiger partial charge in [-0.3, -0.25) is 5.41 Å². The van der Waals surface area contributed by atoms with Crippen LogP contribution < -0.4 is 0 Å². The lowest BCUT2D eigenvalue weighted by atomic mass is 10.2. The van der Waals surface area contributed by atoms with Crippen LogP contribution in [-0.2, 0) is 0 Å². The van der Waals surface area contributed by atoms with E-state index in [1.807, 2.05) is 18.2 Å². The zero-order valence-corrected chi connectivity index (χ0v) is 8.50. The summed E-state index contributed by atoms with van der Waals surface area (Å²) in [6, 6.07) is 0. The summed E-state index contributed by atoms with van der Waals surface area (Å²) in [6.45, 7) is 3.22. The minimum Gasteiger partial charge on any atom is -0.355 e. The van der Waals surface area contributed by atoms with Crippen LogP contribution >= 0.6 is 11.8 Å². The van der Waals surface area contributed by atoms with Gasteiger partial charge in [0.05, 0.1) is 0 Å². The highest BCUT2D eigenvalue weighted by Crippen LogP contribution is 2.02. The minimum absolute atomic E-state index is 0.668. The number of amidine groups is 1. The molecule has 0 saturated carbocycles. The first-order valence-corrected chi connectivity index (χ1v) is 5.28. The molecule has 11 heavy (non-hydrogen) atoms. The second-order valence-corrected chi connectivity index (χ2v) is 3.43. The van der Waals surface area contributed by atoms with Gasteiger partial charge in [-0.2, -0.15) is 0 Å². The van der Waals surface area contributed by atoms with Crippen LogP contribution in [0.15, 0.2) is 0 Å². The summed E-state index contributed by atoms with van der Waals surface area (Å²) in [4.78, 5) is 2.00. The minimum atomic E-state index is 0.668. The first-order chi connectivity index (χ1) is 5.22. The number of hydrogen-bond donors (Lipinski definition) is 1. The van der Waals surface area contributed by atoms with Crippen LogP contribution in [0.25, 0.3) is 0 Å². The molecule has 2 nitrogen and oxygen atoms in total. The van der Waals surface area contributed by atoms with E-state index < -0.39 is 0 Å². The summed E-state index contributed by atoms with van der Waals surface area (Å²) in [5, 5.41) is 8.14. The number of rotatable bonds is 4. The Morgan fingerprint density at radius 3 is 2.55 bits per heavy atom. The lowest BCUT2D eigenvalue weighted by Gasteiger charge is -2.17. The van der Waals surface area contributed by atoms with Crippen molar-refractivity contribution in [2.45, 2.75) is 26.2 Å².